The molecule has 1 N–H and O–H groups in total. The molecule has 1 saturated heterocycles. The van der Waals surface area contributed by atoms with E-state index in [1.165, 1.54) is 12.3 Å². The molecule has 0 saturated carbocycles. The van der Waals surface area contributed by atoms with Crippen molar-refractivity contribution in [2.24, 2.45) is 0 Å². The van der Waals surface area contributed by atoms with E-state index in [-0.39, 0.29) is 22.1 Å². The van der Waals surface area contributed by atoms with Gasteiger partial charge in [0, 0.05) is 24.1 Å². The number of carbonyl (C=O) groups excluding carboxylic acids is 1. The van der Waals surface area contributed by atoms with Crippen LogP contribution < -0.4 is 5.32 Å². The van der Waals surface area contributed by atoms with E-state index in [1.807, 2.05) is 0 Å². The van der Waals surface area contributed by atoms with Crippen LogP contribution in [0.3, 0.4) is 0 Å². The summed E-state index contributed by atoms with van der Waals surface area (Å²) in [5.41, 5.74) is 1.15. The maximum atomic E-state index is 13.3. The summed E-state index contributed by atoms with van der Waals surface area (Å²) >= 11 is 0. The Morgan fingerprint density at radius 2 is 2.04 bits per heavy atom. The number of nitrogens with one attached hydrogen (secondary N) is 1. The number of carbonyl (C=O) groups is 1. The highest BCUT2D eigenvalue weighted by Gasteiger charge is 2.22. The molecule has 1 fully saturated rings. The Labute approximate surface area is 138 Å². The Bertz CT molecular complexity index is 877. The molecule has 1 amide bonds. The van der Waals surface area contributed by atoms with Crippen LogP contribution in [0.5, 0.6) is 0 Å². The number of nitrogens with zero attached hydrogens (tertiary/aromatic N) is 1. The van der Waals surface area contributed by atoms with Gasteiger partial charge in [-0.05, 0) is 30.3 Å². The highest BCUT2D eigenvalue weighted by molar-refractivity contribution is 7.90. The summed E-state index contributed by atoms with van der Waals surface area (Å²) in [7, 11) is -3.68. The lowest BCUT2D eigenvalue weighted by molar-refractivity contribution is 0.00671. The molecule has 0 bridgehead atoms. The largest absolute Gasteiger partial charge is 0.380 e. The van der Waals surface area contributed by atoms with Gasteiger partial charge in [-0.1, -0.05) is 0 Å². The minimum absolute atomic E-state index is 0.0281. The van der Waals surface area contributed by atoms with Gasteiger partial charge in [0.15, 0.2) is 9.84 Å². The number of hydrogen-bond acceptors (Lipinski definition) is 5. The highest BCUT2D eigenvalue weighted by Crippen LogP contribution is 2.24. The maximum Gasteiger partial charge on any atom is 0.257 e. The molecule has 8 heteroatoms. The molecule has 2 aromatic rings. The quantitative estimate of drug-likeness (QED) is 0.911. The van der Waals surface area contributed by atoms with Crippen LogP contribution in [-0.2, 0) is 14.6 Å². The van der Waals surface area contributed by atoms with Gasteiger partial charge in [0.25, 0.3) is 5.91 Å². The molecule has 2 heterocycles. The third-order valence-electron chi connectivity index (χ3n) is 3.70. The summed E-state index contributed by atoms with van der Waals surface area (Å²) in [6, 6.07) is 6.53. The number of halogens is 1. The topological polar surface area (TPSA) is 85.4 Å². The van der Waals surface area contributed by atoms with Crippen molar-refractivity contribution in [2.45, 2.75) is 10.8 Å². The zero-order valence-corrected chi connectivity index (χ0v) is 13.6. The first-order valence-corrected chi connectivity index (χ1v) is 9.08. The van der Waals surface area contributed by atoms with Crippen LogP contribution in [0, 0.1) is 5.82 Å². The molecule has 3 rings (SSSR count). The lowest BCUT2D eigenvalue weighted by Crippen LogP contribution is -2.26. The van der Waals surface area contributed by atoms with Crippen molar-refractivity contribution < 1.29 is 22.3 Å². The molecular weight excluding hydrogens is 335 g/mol. The van der Waals surface area contributed by atoms with E-state index >= 15 is 0 Å². The van der Waals surface area contributed by atoms with Crippen molar-refractivity contribution in [1.82, 2.24) is 4.98 Å². The Morgan fingerprint density at radius 3 is 2.58 bits per heavy atom. The zero-order chi connectivity index (χ0) is 17.3. The highest BCUT2D eigenvalue weighted by atomic mass is 32.2. The van der Waals surface area contributed by atoms with Crippen LogP contribution in [-0.4, -0.2) is 38.8 Å². The average Bonchev–Trinajstić information content (AvgIpc) is 2.47. The molecule has 6 nitrogen and oxygen atoms in total. The summed E-state index contributed by atoms with van der Waals surface area (Å²) in [6.07, 6.45) is 2.38. The molecule has 1 aliphatic heterocycles. The van der Waals surface area contributed by atoms with Gasteiger partial charge in [-0.15, -0.1) is 0 Å². The van der Waals surface area contributed by atoms with Crippen LogP contribution in [0.1, 0.15) is 22.0 Å². The second-order valence-corrected chi connectivity index (χ2v) is 7.56. The number of rotatable bonds is 4. The van der Waals surface area contributed by atoms with Crippen molar-refractivity contribution in [1.29, 1.82) is 0 Å². The van der Waals surface area contributed by atoms with Gasteiger partial charge in [-0.2, -0.15) is 0 Å². The van der Waals surface area contributed by atoms with E-state index in [2.05, 4.69) is 10.3 Å². The predicted octanol–water partition coefficient (Wildman–Crippen LogP) is 1.99. The fourth-order valence-electron chi connectivity index (χ4n) is 2.29. The van der Waals surface area contributed by atoms with Gasteiger partial charge in [-0.25, -0.2) is 12.8 Å². The van der Waals surface area contributed by atoms with Gasteiger partial charge in [0.1, 0.15) is 5.82 Å². The number of sulfone groups is 1. The van der Waals surface area contributed by atoms with Gasteiger partial charge in [-0.3, -0.25) is 9.78 Å². The first-order chi connectivity index (χ1) is 11.3. The molecule has 1 aliphatic rings. The molecule has 0 unspecified atom stereocenters. The van der Waals surface area contributed by atoms with Crippen LogP contribution in [0.2, 0.25) is 0 Å². The van der Waals surface area contributed by atoms with Gasteiger partial charge in [0.05, 0.1) is 29.4 Å². The van der Waals surface area contributed by atoms with Crippen LogP contribution in [0.25, 0.3) is 0 Å². The van der Waals surface area contributed by atoms with Gasteiger partial charge < -0.3 is 10.1 Å². The summed E-state index contributed by atoms with van der Waals surface area (Å²) in [6.45, 7) is 1.23. The molecule has 1 aromatic carbocycles. The van der Waals surface area contributed by atoms with Crippen LogP contribution in [0.15, 0.2) is 41.4 Å². The van der Waals surface area contributed by atoms with Crippen LogP contribution in [0.4, 0.5) is 10.1 Å². The standard InChI is InChI=1S/C16H15FN2O4S/c1-24(21,22)15-6-12(17)3-5-14(15)19-16(20)10-2-4-13(18-7-10)11-8-23-9-11/h2-7,11H,8-9H2,1H3,(H,19,20). The molecule has 0 radical (unpaired) electrons. The van der Waals surface area contributed by atoms with E-state index in [1.54, 1.807) is 12.1 Å². The van der Waals surface area contributed by atoms with Crippen molar-refractivity contribution in [2.75, 3.05) is 24.8 Å². The van der Waals surface area contributed by atoms with E-state index < -0.39 is 21.6 Å². The van der Waals surface area contributed by atoms with E-state index in [0.717, 1.165) is 24.1 Å². The summed E-state index contributed by atoms with van der Waals surface area (Å²) < 4.78 is 41.9. The SMILES string of the molecule is CS(=O)(=O)c1cc(F)ccc1NC(=O)c1ccc(C2COC2)nc1. The number of aromatic nitrogens is 1. The predicted molar refractivity (Wildman–Crippen MR) is 85.3 cm³/mol. The third-order valence-corrected chi connectivity index (χ3v) is 4.83. The molecule has 126 valence electrons. The third kappa shape index (κ3) is 3.44. The Morgan fingerprint density at radius 1 is 1.29 bits per heavy atom. The fraction of sp³-hybridized carbons (Fsp3) is 0.250. The normalized spacial score (nSPS) is 14.9. The Hall–Kier alpha value is -2.32. The molecule has 1 aromatic heterocycles. The number of ether oxygens (including phenoxy) is 1. The minimum atomic E-state index is -3.68. The Kier molecular flexibility index (Phi) is 4.33. The Balaban J connectivity index is 1.82. The first kappa shape index (κ1) is 16.5. The summed E-state index contributed by atoms with van der Waals surface area (Å²) in [4.78, 5) is 16.2. The average molecular weight is 350 g/mol. The first-order valence-electron chi connectivity index (χ1n) is 7.19. The summed E-state index contributed by atoms with van der Waals surface area (Å²) in [5.74, 6) is -0.964. The van der Waals surface area contributed by atoms with E-state index in [4.69, 9.17) is 4.74 Å². The maximum absolute atomic E-state index is 13.3. The van der Waals surface area contributed by atoms with Gasteiger partial charge in [0.2, 0.25) is 0 Å². The number of amides is 1. The monoisotopic (exact) mass is 350 g/mol. The second-order valence-electron chi connectivity index (χ2n) is 5.57. The minimum Gasteiger partial charge on any atom is -0.380 e. The molecule has 0 aliphatic carbocycles. The van der Waals surface area contributed by atoms with E-state index in [0.29, 0.717) is 13.2 Å². The molecule has 0 atom stereocenters. The van der Waals surface area contributed by atoms with Crippen molar-refractivity contribution in [3.05, 3.63) is 53.6 Å². The smallest absolute Gasteiger partial charge is 0.257 e. The second kappa shape index (κ2) is 6.29. The number of hydrogen-bond donors (Lipinski definition) is 1. The number of anilines is 1. The lowest BCUT2D eigenvalue weighted by atomic mass is 10.0. The number of benzene rings is 1. The summed E-state index contributed by atoms with van der Waals surface area (Å²) in [5, 5.41) is 2.49. The molecular formula is C16H15FN2O4S. The van der Waals surface area contributed by atoms with Crippen LogP contribution >= 0.6 is 0 Å². The van der Waals surface area contributed by atoms with E-state index in [9.17, 15) is 17.6 Å². The fourth-order valence-corrected chi connectivity index (χ4v) is 3.13. The zero-order valence-electron chi connectivity index (χ0n) is 12.8. The van der Waals surface area contributed by atoms with Crippen molar-refractivity contribution in [3.8, 4) is 0 Å². The molecule has 0 spiro atoms. The number of pyridine rings is 1. The van der Waals surface area contributed by atoms with Gasteiger partial charge >= 0.3 is 0 Å². The van der Waals surface area contributed by atoms with Crippen molar-refractivity contribution >= 4 is 21.4 Å². The van der Waals surface area contributed by atoms with Crippen molar-refractivity contribution in [3.63, 3.8) is 0 Å². The molecule has 24 heavy (non-hydrogen) atoms. The lowest BCUT2D eigenvalue weighted by Gasteiger charge is -2.25.